The van der Waals surface area contributed by atoms with Crippen molar-refractivity contribution in [2.24, 2.45) is 0 Å². The van der Waals surface area contributed by atoms with Crippen molar-refractivity contribution in [3.63, 3.8) is 0 Å². The van der Waals surface area contributed by atoms with E-state index in [2.05, 4.69) is 0 Å². The van der Waals surface area contributed by atoms with Crippen molar-refractivity contribution in [2.75, 3.05) is 0 Å². The first-order valence-corrected chi connectivity index (χ1v) is 6.43. The third kappa shape index (κ3) is 2.21. The average Bonchev–Trinajstić information content (AvgIpc) is 2.91. The number of benzene rings is 2. The highest BCUT2D eigenvalue weighted by Crippen LogP contribution is 2.42. The Bertz CT molecular complexity index is 834. The third-order valence-electron chi connectivity index (χ3n) is 3.50. The van der Waals surface area contributed by atoms with Crippen LogP contribution in [0.3, 0.4) is 0 Å². The van der Waals surface area contributed by atoms with Crippen LogP contribution in [-0.2, 0) is 12.8 Å². The van der Waals surface area contributed by atoms with Crippen molar-refractivity contribution in [2.45, 2.75) is 12.8 Å². The largest absolute Gasteiger partial charge is 0.507 e. The van der Waals surface area contributed by atoms with Gasteiger partial charge in [-0.3, -0.25) is 0 Å². The summed E-state index contributed by atoms with van der Waals surface area (Å²) in [5.41, 5.74) is -1.33. The zero-order chi connectivity index (χ0) is 15.9. The number of fused-ring (bicyclic) bond motifs is 1. The Morgan fingerprint density at radius 3 is 2.45 bits per heavy atom. The third-order valence-corrected chi connectivity index (χ3v) is 3.50. The molecule has 0 aliphatic rings. The van der Waals surface area contributed by atoms with Crippen LogP contribution in [0.4, 0.5) is 13.2 Å². The molecular formula is C16H11F3O3. The number of phenols is 1. The van der Waals surface area contributed by atoms with Crippen LogP contribution in [0.1, 0.15) is 11.1 Å². The quantitative estimate of drug-likeness (QED) is 0.741. The maximum Gasteiger partial charge on any atom is 0.419 e. The van der Waals surface area contributed by atoms with Crippen LogP contribution in [0.2, 0.25) is 0 Å². The molecular weight excluding hydrogens is 297 g/mol. The Morgan fingerprint density at radius 2 is 1.77 bits per heavy atom. The maximum atomic E-state index is 12.9. The minimum atomic E-state index is -4.63. The number of aromatic hydroxyl groups is 1. The van der Waals surface area contributed by atoms with Crippen molar-refractivity contribution in [3.8, 4) is 17.1 Å². The molecule has 3 aromatic rings. The molecule has 0 unspecified atom stereocenters. The molecule has 6 heteroatoms. The van der Waals surface area contributed by atoms with Crippen molar-refractivity contribution in [1.82, 2.24) is 0 Å². The second-order valence-corrected chi connectivity index (χ2v) is 4.80. The predicted molar refractivity (Wildman–Crippen MR) is 74.2 cm³/mol. The molecule has 3 rings (SSSR count). The van der Waals surface area contributed by atoms with Gasteiger partial charge in [0.2, 0.25) is 0 Å². The van der Waals surface area contributed by atoms with E-state index in [4.69, 9.17) is 4.42 Å². The number of alkyl halides is 3. The zero-order valence-corrected chi connectivity index (χ0v) is 11.2. The van der Waals surface area contributed by atoms with Gasteiger partial charge >= 0.3 is 6.18 Å². The first kappa shape index (κ1) is 14.5. The van der Waals surface area contributed by atoms with Gasteiger partial charge in [-0.15, -0.1) is 0 Å². The number of furan rings is 1. The van der Waals surface area contributed by atoms with E-state index in [0.29, 0.717) is 11.6 Å². The Hall–Kier alpha value is -2.47. The lowest BCUT2D eigenvalue weighted by atomic mass is 10.0. The van der Waals surface area contributed by atoms with Gasteiger partial charge in [0.15, 0.2) is 0 Å². The van der Waals surface area contributed by atoms with Gasteiger partial charge in [0.25, 0.3) is 0 Å². The average molecular weight is 308 g/mol. The Kier molecular flexibility index (Phi) is 3.33. The fourth-order valence-electron chi connectivity index (χ4n) is 2.44. The number of hydrogen-bond donors (Lipinski definition) is 2. The van der Waals surface area contributed by atoms with Gasteiger partial charge in [0.1, 0.15) is 17.8 Å². The van der Waals surface area contributed by atoms with Gasteiger partial charge in [-0.05, 0) is 11.5 Å². The predicted octanol–water partition coefficient (Wildman–Crippen LogP) is 4.32. The minimum Gasteiger partial charge on any atom is -0.507 e. The highest BCUT2D eigenvalue weighted by Gasteiger charge is 2.37. The molecule has 0 atom stereocenters. The van der Waals surface area contributed by atoms with Gasteiger partial charge in [-0.25, -0.2) is 0 Å². The summed E-state index contributed by atoms with van der Waals surface area (Å²) >= 11 is 0. The highest BCUT2D eigenvalue weighted by molar-refractivity contribution is 5.94. The maximum absolute atomic E-state index is 12.9. The summed E-state index contributed by atoms with van der Waals surface area (Å²) in [6, 6.07) is 10.1. The van der Waals surface area contributed by atoms with Crippen LogP contribution in [0.25, 0.3) is 22.1 Å². The lowest BCUT2D eigenvalue weighted by molar-refractivity contribution is -0.138. The zero-order valence-electron chi connectivity index (χ0n) is 11.2. The van der Waals surface area contributed by atoms with E-state index in [1.165, 1.54) is 6.07 Å². The normalized spacial score (nSPS) is 12.0. The topological polar surface area (TPSA) is 53.6 Å². The van der Waals surface area contributed by atoms with Crippen molar-refractivity contribution < 1.29 is 27.8 Å². The van der Waals surface area contributed by atoms with Gasteiger partial charge in [0, 0.05) is 10.9 Å². The molecule has 0 amide bonds. The second kappa shape index (κ2) is 5.06. The molecule has 0 bridgehead atoms. The summed E-state index contributed by atoms with van der Waals surface area (Å²) in [5, 5.41) is 20.8. The van der Waals surface area contributed by atoms with Crippen LogP contribution < -0.4 is 0 Å². The van der Waals surface area contributed by atoms with Crippen LogP contribution in [0, 0.1) is 0 Å². The molecule has 1 heterocycles. The van der Waals surface area contributed by atoms with Crippen LogP contribution in [0.5, 0.6) is 5.75 Å². The standard InChI is InChI=1S/C16H11F3O3/c17-16(18,19)13-8-22-15(12(13)7-20)11-6-5-9-3-1-2-4-10(9)14(11)21/h1-6,8,20-21H,7H2. The monoisotopic (exact) mass is 308 g/mol. The Labute approximate surface area is 123 Å². The number of hydrogen-bond acceptors (Lipinski definition) is 3. The molecule has 0 saturated carbocycles. The lowest BCUT2D eigenvalue weighted by Crippen LogP contribution is -2.07. The van der Waals surface area contributed by atoms with Gasteiger partial charge in [-0.1, -0.05) is 30.3 Å². The highest BCUT2D eigenvalue weighted by atomic mass is 19.4. The Balaban J connectivity index is 2.24. The minimum absolute atomic E-state index is 0.109. The van der Waals surface area contributed by atoms with E-state index >= 15 is 0 Å². The van der Waals surface area contributed by atoms with E-state index in [9.17, 15) is 23.4 Å². The number of aliphatic hydroxyl groups is 1. The van der Waals surface area contributed by atoms with Crippen LogP contribution in [-0.4, -0.2) is 10.2 Å². The number of halogens is 3. The molecule has 2 N–H and O–H groups in total. The molecule has 0 aliphatic carbocycles. The molecule has 3 nitrogen and oxygen atoms in total. The van der Waals surface area contributed by atoms with Crippen LogP contribution in [0.15, 0.2) is 47.1 Å². The SMILES string of the molecule is OCc1c(C(F)(F)F)coc1-c1ccc2ccccc2c1O. The van der Waals surface area contributed by atoms with Gasteiger partial charge < -0.3 is 14.6 Å². The number of phenolic OH excluding ortho intramolecular Hbond substituents is 1. The molecule has 2 aromatic carbocycles. The van der Waals surface area contributed by atoms with E-state index < -0.39 is 23.9 Å². The lowest BCUT2D eigenvalue weighted by Gasteiger charge is -2.09. The number of aliphatic hydroxyl groups excluding tert-OH is 1. The summed E-state index contributed by atoms with van der Waals surface area (Å²) in [6.45, 7) is -0.840. The van der Waals surface area contributed by atoms with Crippen molar-refractivity contribution >= 4 is 10.8 Å². The molecule has 0 aliphatic heterocycles. The van der Waals surface area contributed by atoms with E-state index in [1.807, 2.05) is 0 Å². The van der Waals surface area contributed by atoms with Crippen molar-refractivity contribution in [1.29, 1.82) is 0 Å². The molecule has 114 valence electrons. The van der Waals surface area contributed by atoms with Crippen molar-refractivity contribution in [3.05, 3.63) is 53.8 Å². The summed E-state index contributed by atoms with van der Waals surface area (Å²) < 4.78 is 43.6. The molecule has 0 fully saturated rings. The Morgan fingerprint density at radius 1 is 1.05 bits per heavy atom. The summed E-state index contributed by atoms with van der Waals surface area (Å²) in [5.74, 6) is -0.367. The number of rotatable bonds is 2. The fraction of sp³-hybridized carbons (Fsp3) is 0.125. The van der Waals surface area contributed by atoms with E-state index in [1.54, 1.807) is 30.3 Å². The van der Waals surface area contributed by atoms with Gasteiger partial charge in [0.05, 0.1) is 17.7 Å². The first-order chi connectivity index (χ1) is 10.4. The first-order valence-electron chi connectivity index (χ1n) is 6.43. The van der Waals surface area contributed by atoms with Crippen LogP contribution >= 0.6 is 0 Å². The summed E-state index contributed by atoms with van der Waals surface area (Å²) in [6.07, 6.45) is -4.08. The molecule has 0 radical (unpaired) electrons. The second-order valence-electron chi connectivity index (χ2n) is 4.80. The summed E-state index contributed by atoms with van der Waals surface area (Å²) in [7, 11) is 0. The van der Waals surface area contributed by atoms with E-state index in [-0.39, 0.29) is 17.1 Å². The molecule has 0 spiro atoms. The summed E-state index contributed by atoms with van der Waals surface area (Å²) in [4.78, 5) is 0. The fourth-order valence-corrected chi connectivity index (χ4v) is 2.44. The molecule has 1 aromatic heterocycles. The van der Waals surface area contributed by atoms with Gasteiger partial charge in [-0.2, -0.15) is 13.2 Å². The smallest absolute Gasteiger partial charge is 0.419 e. The molecule has 22 heavy (non-hydrogen) atoms. The molecule has 0 saturated heterocycles. The van der Waals surface area contributed by atoms with E-state index in [0.717, 1.165) is 5.39 Å².